The molecule has 114 valence electrons. The number of benzene rings is 2. The number of hydrogen-bond donors (Lipinski definition) is 1. The van der Waals surface area contributed by atoms with Crippen molar-refractivity contribution in [2.45, 2.75) is 25.7 Å². The first-order valence-corrected chi connectivity index (χ1v) is 7.59. The monoisotopic (exact) mass is 294 g/mol. The molecule has 0 aliphatic rings. The fourth-order valence-corrected chi connectivity index (χ4v) is 2.83. The summed E-state index contributed by atoms with van der Waals surface area (Å²) >= 11 is 0. The van der Waals surface area contributed by atoms with Crippen molar-refractivity contribution < 1.29 is 9.90 Å². The number of carboxylic acid groups (broad SMARTS) is 1. The van der Waals surface area contributed by atoms with Gasteiger partial charge in [0.1, 0.15) is 0 Å². The molecule has 0 fully saturated rings. The van der Waals surface area contributed by atoms with E-state index in [1.54, 1.807) is 0 Å². The molecule has 0 spiro atoms. The van der Waals surface area contributed by atoms with Crippen LogP contribution < -0.4 is 0 Å². The zero-order chi connectivity index (χ0) is 15.9. The van der Waals surface area contributed by atoms with E-state index in [9.17, 15) is 4.79 Å². The molecule has 0 bridgehead atoms. The second-order valence-electron chi connectivity index (χ2n) is 5.83. The van der Waals surface area contributed by atoms with E-state index in [-0.39, 0.29) is 17.4 Å². The Morgan fingerprint density at radius 1 is 1.00 bits per heavy atom. The smallest absolute Gasteiger partial charge is 0.330 e. The molecule has 1 unspecified atom stereocenters. The van der Waals surface area contributed by atoms with Crippen LogP contribution in [0.4, 0.5) is 0 Å². The van der Waals surface area contributed by atoms with Crippen LogP contribution in [0.25, 0.3) is 0 Å². The van der Waals surface area contributed by atoms with Gasteiger partial charge in [-0.25, -0.2) is 4.79 Å². The van der Waals surface area contributed by atoms with E-state index in [2.05, 4.69) is 37.8 Å². The summed E-state index contributed by atoms with van der Waals surface area (Å²) in [4.78, 5) is 11.0. The van der Waals surface area contributed by atoms with Crippen LogP contribution in [-0.4, -0.2) is 11.1 Å². The number of carboxylic acids is 1. The lowest BCUT2D eigenvalue weighted by atomic mass is 9.82. The topological polar surface area (TPSA) is 37.3 Å². The van der Waals surface area contributed by atoms with Crippen LogP contribution in [-0.2, 0) is 4.79 Å². The van der Waals surface area contributed by atoms with Crippen LogP contribution in [0.5, 0.6) is 0 Å². The maximum absolute atomic E-state index is 11.0. The third-order valence-electron chi connectivity index (χ3n) is 3.94. The van der Waals surface area contributed by atoms with E-state index in [0.717, 1.165) is 6.42 Å². The summed E-state index contributed by atoms with van der Waals surface area (Å²) in [6, 6.07) is 20.8. The largest absolute Gasteiger partial charge is 0.478 e. The Morgan fingerprint density at radius 3 is 1.86 bits per heavy atom. The molecule has 2 nitrogen and oxygen atoms in total. The van der Waals surface area contributed by atoms with Gasteiger partial charge in [-0.1, -0.05) is 74.2 Å². The normalized spacial score (nSPS) is 12.1. The number of aliphatic carboxylic acids is 1. The molecule has 0 aromatic heterocycles. The molecule has 0 heterocycles. The van der Waals surface area contributed by atoms with Gasteiger partial charge >= 0.3 is 5.97 Å². The summed E-state index contributed by atoms with van der Waals surface area (Å²) in [5.41, 5.74) is 2.82. The van der Waals surface area contributed by atoms with Gasteiger partial charge in [-0.15, -0.1) is 0 Å². The molecule has 22 heavy (non-hydrogen) atoms. The van der Waals surface area contributed by atoms with E-state index in [1.807, 2.05) is 36.4 Å². The van der Waals surface area contributed by atoms with Crippen molar-refractivity contribution in [2.75, 3.05) is 0 Å². The lowest BCUT2D eigenvalue weighted by Crippen LogP contribution is -2.10. The molecule has 0 aliphatic heterocycles. The van der Waals surface area contributed by atoms with Crippen molar-refractivity contribution in [3.8, 4) is 0 Å². The third kappa shape index (κ3) is 4.32. The Hall–Kier alpha value is -2.35. The summed E-state index contributed by atoms with van der Waals surface area (Å²) in [5, 5.41) is 9.00. The van der Waals surface area contributed by atoms with E-state index >= 15 is 0 Å². The first-order valence-electron chi connectivity index (χ1n) is 7.59. The highest BCUT2D eigenvalue weighted by Gasteiger charge is 2.19. The second-order valence-corrected chi connectivity index (χ2v) is 5.83. The highest BCUT2D eigenvalue weighted by molar-refractivity contribution is 5.85. The minimum Gasteiger partial charge on any atom is -0.478 e. The molecule has 1 atom stereocenters. The lowest BCUT2D eigenvalue weighted by Gasteiger charge is -2.22. The van der Waals surface area contributed by atoms with Gasteiger partial charge in [0.15, 0.2) is 0 Å². The minimum atomic E-state index is -0.900. The van der Waals surface area contributed by atoms with Gasteiger partial charge in [0.05, 0.1) is 0 Å². The summed E-state index contributed by atoms with van der Waals surface area (Å²) in [6.45, 7) is 5.74. The Morgan fingerprint density at radius 2 is 1.45 bits per heavy atom. The summed E-state index contributed by atoms with van der Waals surface area (Å²) < 4.78 is 0. The maximum Gasteiger partial charge on any atom is 0.330 e. The highest BCUT2D eigenvalue weighted by Crippen LogP contribution is 2.32. The molecule has 0 radical (unpaired) electrons. The zero-order valence-corrected chi connectivity index (χ0v) is 12.9. The van der Waals surface area contributed by atoms with Crippen LogP contribution in [0, 0.1) is 5.92 Å². The Kier molecular flexibility index (Phi) is 5.54. The number of carbonyl (C=O) groups is 1. The van der Waals surface area contributed by atoms with Crippen molar-refractivity contribution in [3.63, 3.8) is 0 Å². The molecule has 2 aromatic carbocycles. The predicted molar refractivity (Wildman–Crippen MR) is 89.9 cm³/mol. The Labute approximate surface area is 132 Å². The van der Waals surface area contributed by atoms with E-state index < -0.39 is 5.97 Å². The van der Waals surface area contributed by atoms with Crippen LogP contribution in [0.3, 0.4) is 0 Å². The summed E-state index contributed by atoms with van der Waals surface area (Å²) in [7, 11) is 0. The first kappa shape index (κ1) is 16.0. The van der Waals surface area contributed by atoms with Crippen LogP contribution in [0.15, 0.2) is 72.8 Å². The number of hydrogen-bond acceptors (Lipinski definition) is 1. The van der Waals surface area contributed by atoms with Gasteiger partial charge in [-0.3, -0.25) is 0 Å². The molecule has 2 aromatic rings. The standard InChI is InChI=1S/C20H22O2/c1-15(13-16(2)20(21)22)14-19(17-9-5-3-6-10-17)18-11-7-4-8-12-18/h3-12,15,19H,2,13-14H2,1H3,(H,21,22). The van der Waals surface area contributed by atoms with Crippen LogP contribution in [0.2, 0.25) is 0 Å². The fraction of sp³-hybridized carbons (Fsp3) is 0.250. The first-order chi connectivity index (χ1) is 10.6. The average Bonchev–Trinajstić information content (AvgIpc) is 2.54. The number of rotatable bonds is 7. The Bertz CT molecular complexity index is 577. The van der Waals surface area contributed by atoms with Crippen molar-refractivity contribution in [2.24, 2.45) is 5.92 Å². The molecular formula is C20H22O2. The van der Waals surface area contributed by atoms with Crippen molar-refractivity contribution in [1.82, 2.24) is 0 Å². The lowest BCUT2D eigenvalue weighted by molar-refractivity contribution is -0.132. The Balaban J connectivity index is 2.19. The summed E-state index contributed by atoms with van der Waals surface area (Å²) in [6.07, 6.45) is 1.42. The van der Waals surface area contributed by atoms with E-state index in [4.69, 9.17) is 5.11 Å². The van der Waals surface area contributed by atoms with Crippen molar-refractivity contribution in [3.05, 3.63) is 83.9 Å². The molecular weight excluding hydrogens is 272 g/mol. The predicted octanol–water partition coefficient (Wildman–Crippen LogP) is 4.88. The summed E-state index contributed by atoms with van der Waals surface area (Å²) in [5.74, 6) is -0.365. The van der Waals surface area contributed by atoms with Gasteiger partial charge in [0.2, 0.25) is 0 Å². The second kappa shape index (κ2) is 7.60. The van der Waals surface area contributed by atoms with Crippen molar-refractivity contribution >= 4 is 5.97 Å². The minimum absolute atomic E-state index is 0.258. The van der Waals surface area contributed by atoms with Crippen LogP contribution in [0.1, 0.15) is 36.8 Å². The SMILES string of the molecule is C=C(CC(C)CC(c1ccccc1)c1ccccc1)C(=O)O. The van der Waals surface area contributed by atoms with Crippen molar-refractivity contribution in [1.29, 1.82) is 0 Å². The molecule has 1 N–H and O–H groups in total. The molecule has 0 saturated carbocycles. The van der Waals surface area contributed by atoms with E-state index in [1.165, 1.54) is 11.1 Å². The molecule has 2 heteroatoms. The van der Waals surface area contributed by atoms with Gasteiger partial charge in [-0.2, -0.15) is 0 Å². The third-order valence-corrected chi connectivity index (χ3v) is 3.94. The molecule has 0 aliphatic carbocycles. The molecule has 0 saturated heterocycles. The zero-order valence-electron chi connectivity index (χ0n) is 12.9. The molecule has 0 amide bonds. The quantitative estimate of drug-likeness (QED) is 0.739. The van der Waals surface area contributed by atoms with E-state index in [0.29, 0.717) is 6.42 Å². The van der Waals surface area contributed by atoms with Gasteiger partial charge < -0.3 is 5.11 Å². The molecule has 2 rings (SSSR count). The van der Waals surface area contributed by atoms with Gasteiger partial charge in [0, 0.05) is 11.5 Å². The maximum atomic E-state index is 11.0. The highest BCUT2D eigenvalue weighted by atomic mass is 16.4. The van der Waals surface area contributed by atoms with Crippen LogP contribution >= 0.6 is 0 Å². The fourth-order valence-electron chi connectivity index (χ4n) is 2.83. The van der Waals surface area contributed by atoms with Gasteiger partial charge in [0.25, 0.3) is 0 Å². The van der Waals surface area contributed by atoms with Gasteiger partial charge in [-0.05, 0) is 29.9 Å². The average molecular weight is 294 g/mol.